The van der Waals surface area contributed by atoms with Gasteiger partial charge in [-0.25, -0.2) is 0 Å². The lowest BCUT2D eigenvalue weighted by Gasteiger charge is -2.18. The van der Waals surface area contributed by atoms with E-state index in [1.54, 1.807) is 0 Å². The molecule has 0 saturated heterocycles. The topological polar surface area (TPSA) is 12.0 Å². The van der Waals surface area contributed by atoms with Crippen molar-refractivity contribution < 1.29 is 0 Å². The molecule has 1 rings (SSSR count). The second-order valence-corrected chi connectivity index (χ2v) is 4.61. The SMILES string of the molecule is CCCCCC(CC)Nc1ccc(C)cc1. The molecule has 16 heavy (non-hydrogen) atoms. The van der Waals surface area contributed by atoms with Gasteiger partial charge in [0.25, 0.3) is 0 Å². The molecule has 0 spiro atoms. The van der Waals surface area contributed by atoms with Gasteiger partial charge in [-0.2, -0.15) is 0 Å². The van der Waals surface area contributed by atoms with Crippen LogP contribution in [0.3, 0.4) is 0 Å². The van der Waals surface area contributed by atoms with Gasteiger partial charge in [0, 0.05) is 11.7 Å². The molecule has 0 fully saturated rings. The Morgan fingerprint density at radius 2 is 1.75 bits per heavy atom. The monoisotopic (exact) mass is 219 g/mol. The van der Waals surface area contributed by atoms with E-state index in [1.165, 1.54) is 43.4 Å². The summed E-state index contributed by atoms with van der Waals surface area (Å²) in [6, 6.07) is 9.33. The zero-order valence-electron chi connectivity index (χ0n) is 10.9. The van der Waals surface area contributed by atoms with Crippen LogP contribution in [0, 0.1) is 6.92 Å². The minimum atomic E-state index is 0.634. The van der Waals surface area contributed by atoms with Crippen LogP contribution in [0.1, 0.15) is 51.5 Å². The Morgan fingerprint density at radius 3 is 2.31 bits per heavy atom. The molecule has 0 aliphatic rings. The van der Waals surface area contributed by atoms with E-state index < -0.39 is 0 Å². The van der Waals surface area contributed by atoms with Crippen molar-refractivity contribution in [3.63, 3.8) is 0 Å². The van der Waals surface area contributed by atoms with E-state index in [0.717, 1.165) is 0 Å². The smallest absolute Gasteiger partial charge is 0.0342 e. The van der Waals surface area contributed by atoms with E-state index in [0.29, 0.717) is 6.04 Å². The Hall–Kier alpha value is -0.980. The summed E-state index contributed by atoms with van der Waals surface area (Å²) in [5.74, 6) is 0. The first-order valence-corrected chi connectivity index (χ1v) is 6.59. The average Bonchev–Trinajstić information content (AvgIpc) is 2.31. The summed E-state index contributed by atoms with van der Waals surface area (Å²) in [5, 5.41) is 3.61. The minimum Gasteiger partial charge on any atom is -0.382 e. The van der Waals surface area contributed by atoms with E-state index in [2.05, 4.69) is 50.4 Å². The molecular formula is C15H25N. The highest BCUT2D eigenvalue weighted by Crippen LogP contribution is 2.15. The standard InChI is InChI=1S/C15H25N/c1-4-6-7-8-14(5-2)16-15-11-9-13(3)10-12-15/h9-12,14,16H,4-8H2,1-3H3. The first-order valence-electron chi connectivity index (χ1n) is 6.59. The van der Waals surface area contributed by atoms with Crippen LogP contribution in [-0.4, -0.2) is 6.04 Å². The van der Waals surface area contributed by atoms with E-state index in [4.69, 9.17) is 0 Å². The van der Waals surface area contributed by atoms with Gasteiger partial charge in [0.15, 0.2) is 0 Å². The molecule has 0 amide bonds. The Bertz CT molecular complexity index is 276. The lowest BCUT2D eigenvalue weighted by molar-refractivity contribution is 0.574. The number of unbranched alkanes of at least 4 members (excludes halogenated alkanes) is 2. The summed E-state index contributed by atoms with van der Waals surface area (Å²) >= 11 is 0. The van der Waals surface area contributed by atoms with Crippen LogP contribution >= 0.6 is 0 Å². The third-order valence-electron chi connectivity index (χ3n) is 3.07. The van der Waals surface area contributed by atoms with Crippen LogP contribution < -0.4 is 5.32 Å². The molecule has 1 aromatic rings. The number of benzene rings is 1. The Labute approximate surface area is 100 Å². The molecule has 1 heteroatoms. The molecule has 0 saturated carbocycles. The van der Waals surface area contributed by atoms with Crippen molar-refractivity contribution in [2.75, 3.05) is 5.32 Å². The largest absolute Gasteiger partial charge is 0.382 e. The second-order valence-electron chi connectivity index (χ2n) is 4.61. The Morgan fingerprint density at radius 1 is 1.06 bits per heavy atom. The van der Waals surface area contributed by atoms with Crippen molar-refractivity contribution >= 4 is 5.69 Å². The molecule has 1 atom stereocenters. The van der Waals surface area contributed by atoms with Crippen LogP contribution in [0.2, 0.25) is 0 Å². The van der Waals surface area contributed by atoms with Crippen molar-refractivity contribution in [2.45, 2.75) is 58.9 Å². The van der Waals surface area contributed by atoms with Crippen LogP contribution in [0.15, 0.2) is 24.3 Å². The summed E-state index contributed by atoms with van der Waals surface area (Å²) in [6.45, 7) is 6.65. The lowest BCUT2D eigenvalue weighted by Crippen LogP contribution is -2.18. The molecule has 0 aliphatic carbocycles. The van der Waals surface area contributed by atoms with Crippen LogP contribution in [-0.2, 0) is 0 Å². The fourth-order valence-corrected chi connectivity index (χ4v) is 1.90. The normalized spacial score (nSPS) is 12.4. The predicted octanol–water partition coefficient (Wildman–Crippen LogP) is 4.77. The third kappa shape index (κ3) is 4.69. The molecular weight excluding hydrogens is 194 g/mol. The quantitative estimate of drug-likeness (QED) is 0.652. The van der Waals surface area contributed by atoms with Gasteiger partial charge < -0.3 is 5.32 Å². The first kappa shape index (κ1) is 13.1. The Balaban J connectivity index is 2.40. The first-order chi connectivity index (χ1) is 7.76. The molecule has 0 aromatic heterocycles. The van der Waals surface area contributed by atoms with Crippen LogP contribution in [0.4, 0.5) is 5.69 Å². The molecule has 0 radical (unpaired) electrons. The highest BCUT2D eigenvalue weighted by atomic mass is 14.9. The average molecular weight is 219 g/mol. The van der Waals surface area contributed by atoms with Gasteiger partial charge >= 0.3 is 0 Å². The Kier molecular flexibility index (Phi) is 5.99. The van der Waals surface area contributed by atoms with E-state index in [9.17, 15) is 0 Å². The van der Waals surface area contributed by atoms with Gasteiger partial charge in [-0.05, 0) is 31.9 Å². The lowest BCUT2D eigenvalue weighted by atomic mass is 10.1. The number of hydrogen-bond donors (Lipinski definition) is 1. The van der Waals surface area contributed by atoms with Crippen LogP contribution in [0.25, 0.3) is 0 Å². The highest BCUT2D eigenvalue weighted by molar-refractivity contribution is 5.45. The summed E-state index contributed by atoms with van der Waals surface area (Å²) in [7, 11) is 0. The second kappa shape index (κ2) is 7.32. The van der Waals surface area contributed by atoms with Crippen molar-refractivity contribution in [3.05, 3.63) is 29.8 Å². The predicted molar refractivity (Wildman–Crippen MR) is 73.0 cm³/mol. The molecule has 1 N–H and O–H groups in total. The van der Waals surface area contributed by atoms with Crippen molar-refractivity contribution in [2.24, 2.45) is 0 Å². The highest BCUT2D eigenvalue weighted by Gasteiger charge is 2.04. The van der Waals surface area contributed by atoms with Crippen LogP contribution in [0.5, 0.6) is 0 Å². The fourth-order valence-electron chi connectivity index (χ4n) is 1.90. The number of nitrogens with one attached hydrogen (secondary N) is 1. The van der Waals surface area contributed by atoms with Crippen molar-refractivity contribution in [1.29, 1.82) is 0 Å². The molecule has 1 nitrogen and oxygen atoms in total. The molecule has 0 bridgehead atoms. The molecule has 0 heterocycles. The number of aryl methyl sites for hydroxylation is 1. The van der Waals surface area contributed by atoms with Gasteiger partial charge in [0.05, 0.1) is 0 Å². The molecule has 1 aromatic carbocycles. The van der Waals surface area contributed by atoms with Gasteiger partial charge in [-0.3, -0.25) is 0 Å². The maximum atomic E-state index is 3.61. The zero-order chi connectivity index (χ0) is 11.8. The summed E-state index contributed by atoms with van der Waals surface area (Å²) < 4.78 is 0. The summed E-state index contributed by atoms with van der Waals surface area (Å²) in [4.78, 5) is 0. The van der Waals surface area contributed by atoms with Gasteiger partial charge in [-0.15, -0.1) is 0 Å². The van der Waals surface area contributed by atoms with E-state index in [-0.39, 0.29) is 0 Å². The van der Waals surface area contributed by atoms with Gasteiger partial charge in [0.2, 0.25) is 0 Å². The van der Waals surface area contributed by atoms with E-state index >= 15 is 0 Å². The van der Waals surface area contributed by atoms with Gasteiger partial charge in [0.1, 0.15) is 0 Å². The number of rotatable bonds is 7. The maximum absolute atomic E-state index is 3.61. The fraction of sp³-hybridized carbons (Fsp3) is 0.600. The number of anilines is 1. The molecule has 0 aliphatic heterocycles. The van der Waals surface area contributed by atoms with Gasteiger partial charge in [-0.1, -0.05) is 50.8 Å². The van der Waals surface area contributed by atoms with Crippen molar-refractivity contribution in [3.8, 4) is 0 Å². The zero-order valence-corrected chi connectivity index (χ0v) is 10.9. The maximum Gasteiger partial charge on any atom is 0.0342 e. The molecule has 1 unspecified atom stereocenters. The third-order valence-corrected chi connectivity index (χ3v) is 3.07. The number of hydrogen-bond acceptors (Lipinski definition) is 1. The molecule has 90 valence electrons. The van der Waals surface area contributed by atoms with E-state index in [1.807, 2.05) is 0 Å². The van der Waals surface area contributed by atoms with Crippen molar-refractivity contribution in [1.82, 2.24) is 0 Å². The summed E-state index contributed by atoms with van der Waals surface area (Å²) in [6.07, 6.45) is 6.50. The summed E-state index contributed by atoms with van der Waals surface area (Å²) in [5.41, 5.74) is 2.58. The minimum absolute atomic E-state index is 0.634.